The average molecular weight is 434 g/mol. The van der Waals surface area contributed by atoms with Gasteiger partial charge in [-0.15, -0.1) is 0 Å². The molecule has 0 N–H and O–H groups in total. The number of rotatable bonds is 4. The molecule has 2 aromatic rings. The highest BCUT2D eigenvalue weighted by atomic mass is 35.5. The number of carbonyl (C=O) groups is 1. The normalized spacial score (nSPS) is 12.3. The van der Waals surface area contributed by atoms with Crippen LogP contribution in [-0.2, 0) is 29.2 Å². The zero-order chi connectivity index (χ0) is 22.1. The molecular weight excluding hydrogens is 422 g/mol. The number of carbonyl (C=O) groups excluding carboxylic acids is 1. The Labute approximate surface area is 165 Å². The van der Waals surface area contributed by atoms with Crippen LogP contribution in [0.5, 0.6) is 0 Å². The van der Waals surface area contributed by atoms with Crippen molar-refractivity contribution < 1.29 is 27.1 Å². The summed E-state index contributed by atoms with van der Waals surface area (Å²) < 4.78 is 58.4. The molecule has 12 heteroatoms. The van der Waals surface area contributed by atoms with Crippen molar-refractivity contribution in [3.05, 3.63) is 61.7 Å². The lowest BCUT2D eigenvalue weighted by molar-refractivity contribution is -0.144. The second kappa shape index (κ2) is 8.08. The van der Waals surface area contributed by atoms with Crippen molar-refractivity contribution in [1.82, 2.24) is 9.13 Å². The predicted molar refractivity (Wildman–Crippen MR) is 92.1 cm³/mol. The Morgan fingerprint density at radius 3 is 2.45 bits per heavy atom. The molecule has 0 aliphatic heterocycles. The second-order valence-electron chi connectivity index (χ2n) is 5.84. The van der Waals surface area contributed by atoms with Gasteiger partial charge in [0.15, 0.2) is 5.56 Å². The van der Waals surface area contributed by atoms with E-state index in [2.05, 4.69) is 0 Å². The average Bonchev–Trinajstić information content (AvgIpc) is 2.58. The maximum Gasteiger partial charge on any atom is 0.431 e. The smallest absolute Gasteiger partial charge is 0.431 e. The van der Waals surface area contributed by atoms with Gasteiger partial charge in [-0.05, 0) is 17.7 Å². The molecule has 0 radical (unpaired) electrons. The number of nitriles is 1. The molecule has 154 valence electrons. The third-order valence-electron chi connectivity index (χ3n) is 3.82. The molecule has 0 aliphatic carbocycles. The van der Waals surface area contributed by atoms with E-state index in [1.807, 2.05) is 0 Å². The monoisotopic (exact) mass is 433 g/mol. The lowest BCUT2D eigenvalue weighted by atomic mass is 10.0. The van der Waals surface area contributed by atoms with Gasteiger partial charge in [-0.2, -0.15) is 18.4 Å². The van der Waals surface area contributed by atoms with Gasteiger partial charge in [-0.25, -0.2) is 13.8 Å². The van der Waals surface area contributed by atoms with Gasteiger partial charge in [0.25, 0.3) is 5.56 Å². The van der Waals surface area contributed by atoms with Crippen LogP contribution < -0.4 is 11.2 Å². The van der Waals surface area contributed by atoms with Gasteiger partial charge in [-0.1, -0.05) is 11.6 Å². The van der Waals surface area contributed by atoms with Crippen LogP contribution in [0.3, 0.4) is 0 Å². The Balaban J connectivity index is 2.70. The Bertz CT molecular complexity index is 1130. The lowest BCUT2D eigenvalue weighted by Gasteiger charge is -2.16. The van der Waals surface area contributed by atoms with Crippen LogP contribution in [0.4, 0.5) is 17.6 Å². The van der Waals surface area contributed by atoms with E-state index < -0.39 is 46.2 Å². The molecule has 0 spiro atoms. The minimum Gasteiger partial charge on any atom is -0.446 e. The first-order valence-corrected chi connectivity index (χ1v) is 8.25. The summed E-state index contributed by atoms with van der Waals surface area (Å²) in [6.07, 6.45) is -5.26. The highest BCUT2D eigenvalue weighted by Crippen LogP contribution is 2.27. The van der Waals surface area contributed by atoms with Crippen molar-refractivity contribution in [2.24, 2.45) is 7.05 Å². The fraction of sp³-hybridized carbons (Fsp3) is 0.294. The van der Waals surface area contributed by atoms with Crippen molar-refractivity contribution in [3.8, 4) is 11.8 Å². The molecule has 0 bridgehead atoms. The maximum absolute atomic E-state index is 14.5. The van der Waals surface area contributed by atoms with E-state index in [-0.39, 0.29) is 32.7 Å². The van der Waals surface area contributed by atoms with Gasteiger partial charge in [-0.3, -0.25) is 14.2 Å². The molecule has 0 amide bonds. The summed E-state index contributed by atoms with van der Waals surface area (Å²) in [5, 5.41) is 9.15. The fourth-order valence-electron chi connectivity index (χ4n) is 2.56. The first kappa shape index (κ1) is 22.2. The van der Waals surface area contributed by atoms with Gasteiger partial charge in [0.05, 0.1) is 17.3 Å². The van der Waals surface area contributed by atoms with E-state index in [4.69, 9.17) is 21.6 Å². The summed E-state index contributed by atoms with van der Waals surface area (Å²) in [6, 6.07) is 3.46. The van der Waals surface area contributed by atoms with E-state index in [1.54, 1.807) is 6.07 Å². The molecular formula is C17H12ClF4N3O4. The summed E-state index contributed by atoms with van der Waals surface area (Å²) in [6.45, 7) is 1.09. The van der Waals surface area contributed by atoms with E-state index in [1.165, 1.54) is 0 Å². The number of benzene rings is 1. The van der Waals surface area contributed by atoms with Crippen LogP contribution >= 0.6 is 11.6 Å². The van der Waals surface area contributed by atoms with Crippen molar-refractivity contribution in [2.45, 2.75) is 25.1 Å². The lowest BCUT2D eigenvalue weighted by Crippen LogP contribution is -2.41. The van der Waals surface area contributed by atoms with Gasteiger partial charge < -0.3 is 4.74 Å². The number of alkyl halides is 4. The first-order chi connectivity index (χ1) is 13.4. The summed E-state index contributed by atoms with van der Waals surface area (Å²) in [7, 11) is 0.777. The molecule has 0 saturated carbocycles. The number of hydrogen-bond donors (Lipinski definition) is 0. The van der Waals surface area contributed by atoms with Crippen LogP contribution in [0, 0.1) is 17.1 Å². The third kappa shape index (κ3) is 4.65. The largest absolute Gasteiger partial charge is 0.446 e. The molecule has 2 rings (SSSR count). The molecule has 7 nitrogen and oxygen atoms in total. The molecule has 0 aliphatic rings. The van der Waals surface area contributed by atoms with Crippen LogP contribution in [0.15, 0.2) is 27.8 Å². The molecule has 0 fully saturated rings. The Morgan fingerprint density at radius 2 is 1.93 bits per heavy atom. The van der Waals surface area contributed by atoms with Crippen molar-refractivity contribution in [2.75, 3.05) is 0 Å². The fourth-order valence-corrected chi connectivity index (χ4v) is 2.86. The minimum atomic E-state index is -4.98. The van der Waals surface area contributed by atoms with Crippen molar-refractivity contribution in [3.63, 3.8) is 0 Å². The standard InChI is InChI=1S/C17H12ClF4N3O4/c1-8(26)29-14(18)5-9-4-12(11(19)3-10(9)7-23)25-15(27)6-13(17(20,21)22)24(2)16(25)28/h3-4,6,14H,5H2,1-2H3. The molecule has 29 heavy (non-hydrogen) atoms. The molecule has 1 aromatic heterocycles. The number of esters is 1. The van der Waals surface area contributed by atoms with Gasteiger partial charge in [0, 0.05) is 26.5 Å². The Morgan fingerprint density at radius 1 is 1.31 bits per heavy atom. The Kier molecular flexibility index (Phi) is 6.18. The summed E-state index contributed by atoms with van der Waals surface area (Å²) >= 11 is 5.83. The summed E-state index contributed by atoms with van der Waals surface area (Å²) in [5.41, 5.74) is -6.50. The number of nitrogens with zero attached hydrogens (tertiary/aromatic N) is 3. The molecule has 0 saturated heterocycles. The molecule has 1 unspecified atom stereocenters. The number of hydrogen-bond acceptors (Lipinski definition) is 5. The zero-order valence-corrected chi connectivity index (χ0v) is 15.6. The number of aromatic nitrogens is 2. The van der Waals surface area contributed by atoms with Crippen LogP contribution in [0.25, 0.3) is 5.69 Å². The molecule has 1 aromatic carbocycles. The zero-order valence-electron chi connectivity index (χ0n) is 14.9. The van der Waals surface area contributed by atoms with Crippen LogP contribution in [0.1, 0.15) is 23.7 Å². The minimum absolute atomic E-state index is 0.0130. The van der Waals surface area contributed by atoms with E-state index in [0.29, 0.717) is 6.07 Å². The van der Waals surface area contributed by atoms with E-state index >= 15 is 0 Å². The van der Waals surface area contributed by atoms with Crippen LogP contribution in [0.2, 0.25) is 0 Å². The van der Waals surface area contributed by atoms with Crippen molar-refractivity contribution in [1.29, 1.82) is 5.26 Å². The van der Waals surface area contributed by atoms with E-state index in [9.17, 15) is 31.9 Å². The number of ether oxygens (including phenoxy) is 1. The first-order valence-electron chi connectivity index (χ1n) is 7.81. The molecule has 1 atom stereocenters. The Hall–Kier alpha value is -3.13. The van der Waals surface area contributed by atoms with Gasteiger partial charge in [0.2, 0.25) is 0 Å². The maximum atomic E-state index is 14.5. The number of halogens is 5. The van der Waals surface area contributed by atoms with Crippen molar-refractivity contribution >= 4 is 17.6 Å². The van der Waals surface area contributed by atoms with Gasteiger partial charge >= 0.3 is 17.8 Å². The summed E-state index contributed by atoms with van der Waals surface area (Å²) in [4.78, 5) is 35.5. The molecule has 1 heterocycles. The quantitative estimate of drug-likeness (QED) is 0.419. The van der Waals surface area contributed by atoms with E-state index in [0.717, 1.165) is 20.0 Å². The predicted octanol–water partition coefficient (Wildman–Crippen LogP) is 2.24. The highest BCUT2D eigenvalue weighted by molar-refractivity contribution is 6.20. The van der Waals surface area contributed by atoms with Crippen LogP contribution in [-0.4, -0.2) is 20.7 Å². The highest BCUT2D eigenvalue weighted by Gasteiger charge is 2.35. The summed E-state index contributed by atoms with van der Waals surface area (Å²) in [5.74, 6) is -1.92. The SMILES string of the molecule is CC(=O)OC(Cl)Cc1cc(-n2c(=O)cc(C(F)(F)F)n(C)c2=O)c(F)cc1C#N. The topological polar surface area (TPSA) is 94.1 Å². The second-order valence-corrected chi connectivity index (χ2v) is 6.33. The third-order valence-corrected chi connectivity index (χ3v) is 4.06. The van der Waals surface area contributed by atoms with Gasteiger partial charge in [0.1, 0.15) is 11.5 Å².